The van der Waals surface area contributed by atoms with Crippen LogP contribution in [-0.2, 0) is 22.4 Å². The maximum Gasteiger partial charge on any atom is 0.359 e. The number of methoxy groups -OCH3 is 2. The molecule has 0 fully saturated rings. The molecule has 8 heteroatoms. The molecule has 1 N–H and O–H groups in total. The van der Waals surface area contributed by atoms with Crippen molar-refractivity contribution in [2.24, 2.45) is 0 Å². The molecule has 0 atom stereocenters. The van der Waals surface area contributed by atoms with E-state index in [-0.39, 0.29) is 5.69 Å². The summed E-state index contributed by atoms with van der Waals surface area (Å²) >= 11 is 0. The Morgan fingerprint density at radius 3 is 2.61 bits per heavy atom. The Labute approximate surface area is 179 Å². The van der Waals surface area contributed by atoms with Crippen LogP contribution in [0.2, 0.25) is 0 Å². The number of carbonyl (C=O) groups is 2. The van der Waals surface area contributed by atoms with Crippen molar-refractivity contribution in [3.8, 4) is 17.2 Å². The van der Waals surface area contributed by atoms with Crippen LogP contribution in [0.4, 0.5) is 5.69 Å². The van der Waals surface area contributed by atoms with Gasteiger partial charge in [0, 0.05) is 17.3 Å². The van der Waals surface area contributed by atoms with Crippen molar-refractivity contribution in [3.63, 3.8) is 0 Å². The first-order valence-corrected chi connectivity index (χ1v) is 9.96. The minimum Gasteiger partial charge on any atom is -0.497 e. The van der Waals surface area contributed by atoms with Gasteiger partial charge in [0.05, 0.1) is 25.6 Å². The molecule has 0 saturated carbocycles. The molecule has 0 aliphatic heterocycles. The summed E-state index contributed by atoms with van der Waals surface area (Å²) in [5.41, 5.74) is 3.53. The van der Waals surface area contributed by atoms with Crippen molar-refractivity contribution in [1.82, 2.24) is 9.78 Å². The van der Waals surface area contributed by atoms with Gasteiger partial charge in [-0.3, -0.25) is 4.79 Å². The molecule has 0 unspecified atom stereocenters. The largest absolute Gasteiger partial charge is 0.497 e. The Balaban J connectivity index is 1.44. The van der Waals surface area contributed by atoms with Gasteiger partial charge in [-0.25, -0.2) is 9.48 Å². The summed E-state index contributed by atoms with van der Waals surface area (Å²) in [6.07, 6.45) is 2.57. The van der Waals surface area contributed by atoms with Gasteiger partial charge in [-0.2, -0.15) is 5.10 Å². The van der Waals surface area contributed by atoms with E-state index in [0.717, 1.165) is 36.2 Å². The number of aromatic nitrogens is 2. The predicted molar refractivity (Wildman–Crippen MR) is 114 cm³/mol. The van der Waals surface area contributed by atoms with Gasteiger partial charge in [0.15, 0.2) is 12.3 Å². The van der Waals surface area contributed by atoms with Gasteiger partial charge in [-0.05, 0) is 43.5 Å². The third-order valence-electron chi connectivity index (χ3n) is 5.14. The molecule has 1 aromatic heterocycles. The monoisotopic (exact) mass is 421 g/mol. The summed E-state index contributed by atoms with van der Waals surface area (Å²) in [7, 11) is 3.04. The SMILES string of the molecule is COc1ccc(NC(=O)COC(=O)c2nn(-c3ccccc3)c3c2CCC3)c(OC)c1. The Morgan fingerprint density at radius 2 is 1.87 bits per heavy atom. The van der Waals surface area contributed by atoms with Crippen LogP contribution >= 0.6 is 0 Å². The second kappa shape index (κ2) is 8.91. The number of nitrogens with one attached hydrogen (secondary N) is 1. The highest BCUT2D eigenvalue weighted by Crippen LogP contribution is 2.30. The van der Waals surface area contributed by atoms with Crippen molar-refractivity contribution in [2.45, 2.75) is 19.3 Å². The lowest BCUT2D eigenvalue weighted by atomic mass is 10.2. The molecule has 1 heterocycles. The maximum absolute atomic E-state index is 12.7. The first kappa shape index (κ1) is 20.5. The van der Waals surface area contributed by atoms with E-state index in [1.54, 1.807) is 30.0 Å². The number of nitrogens with zero attached hydrogens (tertiary/aromatic N) is 2. The van der Waals surface area contributed by atoms with E-state index in [9.17, 15) is 9.59 Å². The normalized spacial score (nSPS) is 12.2. The number of ether oxygens (including phenoxy) is 3. The first-order valence-electron chi connectivity index (χ1n) is 9.96. The zero-order chi connectivity index (χ0) is 21.8. The van der Waals surface area contributed by atoms with Gasteiger partial charge < -0.3 is 19.5 Å². The molecule has 0 bridgehead atoms. The van der Waals surface area contributed by atoms with Gasteiger partial charge >= 0.3 is 5.97 Å². The first-order chi connectivity index (χ1) is 15.1. The van der Waals surface area contributed by atoms with Crippen molar-refractivity contribution < 1.29 is 23.8 Å². The van der Waals surface area contributed by atoms with Crippen LogP contribution in [0.3, 0.4) is 0 Å². The molecular weight excluding hydrogens is 398 g/mol. The zero-order valence-corrected chi connectivity index (χ0v) is 17.4. The molecule has 1 amide bonds. The van der Waals surface area contributed by atoms with Crippen LogP contribution in [0.1, 0.15) is 28.2 Å². The molecule has 2 aromatic carbocycles. The number of carbonyl (C=O) groups excluding carboxylic acids is 2. The van der Waals surface area contributed by atoms with E-state index in [1.807, 2.05) is 30.3 Å². The standard InChI is InChI=1S/C23H23N3O5/c1-29-16-11-12-18(20(13-16)30-2)24-21(27)14-31-23(28)22-17-9-6-10-19(17)26(25-22)15-7-4-3-5-8-15/h3-5,7-8,11-13H,6,9-10,14H2,1-2H3,(H,24,27). The topological polar surface area (TPSA) is 91.7 Å². The highest BCUT2D eigenvalue weighted by atomic mass is 16.5. The molecule has 1 aliphatic rings. The number of anilines is 1. The second-order valence-corrected chi connectivity index (χ2v) is 7.07. The highest BCUT2D eigenvalue weighted by Gasteiger charge is 2.28. The van der Waals surface area contributed by atoms with Crippen molar-refractivity contribution in [2.75, 3.05) is 26.1 Å². The lowest BCUT2D eigenvalue weighted by molar-refractivity contribution is -0.119. The molecule has 0 saturated heterocycles. The minimum absolute atomic E-state index is 0.270. The summed E-state index contributed by atoms with van der Waals surface area (Å²) in [6.45, 7) is -0.430. The molecule has 1 aliphatic carbocycles. The van der Waals surface area contributed by atoms with Crippen molar-refractivity contribution >= 4 is 17.6 Å². The third-order valence-corrected chi connectivity index (χ3v) is 5.14. The quantitative estimate of drug-likeness (QED) is 0.589. The van der Waals surface area contributed by atoms with Crippen LogP contribution in [0.5, 0.6) is 11.5 Å². The number of rotatable bonds is 7. The van der Waals surface area contributed by atoms with Crippen molar-refractivity contribution in [1.29, 1.82) is 0 Å². The Kier molecular flexibility index (Phi) is 5.88. The van der Waals surface area contributed by atoms with E-state index < -0.39 is 18.5 Å². The predicted octanol–water partition coefficient (Wildman–Crippen LogP) is 3.17. The van der Waals surface area contributed by atoms with Gasteiger partial charge in [-0.1, -0.05) is 18.2 Å². The van der Waals surface area contributed by atoms with Gasteiger partial charge in [0.2, 0.25) is 0 Å². The molecule has 31 heavy (non-hydrogen) atoms. The third kappa shape index (κ3) is 4.23. The number of benzene rings is 2. The lowest BCUT2D eigenvalue weighted by Gasteiger charge is -2.11. The fraction of sp³-hybridized carbons (Fsp3) is 0.261. The number of hydrogen-bond acceptors (Lipinski definition) is 6. The number of esters is 1. The summed E-state index contributed by atoms with van der Waals surface area (Å²) < 4.78 is 17.5. The fourth-order valence-electron chi connectivity index (χ4n) is 3.67. The second-order valence-electron chi connectivity index (χ2n) is 7.07. The average Bonchev–Trinajstić information content (AvgIpc) is 3.41. The molecule has 160 valence electrons. The van der Waals surface area contributed by atoms with Gasteiger partial charge in [-0.15, -0.1) is 0 Å². The van der Waals surface area contributed by atoms with E-state index in [1.165, 1.54) is 7.11 Å². The molecular formula is C23H23N3O5. The highest BCUT2D eigenvalue weighted by molar-refractivity contribution is 5.96. The lowest BCUT2D eigenvalue weighted by Crippen LogP contribution is -2.22. The fourth-order valence-corrected chi connectivity index (χ4v) is 3.67. The summed E-state index contributed by atoms with van der Waals surface area (Å²) in [4.78, 5) is 25.0. The summed E-state index contributed by atoms with van der Waals surface area (Å²) in [5.74, 6) is -0.0387. The van der Waals surface area contributed by atoms with E-state index >= 15 is 0 Å². The van der Waals surface area contributed by atoms with Crippen molar-refractivity contribution in [3.05, 3.63) is 65.5 Å². The Hall–Kier alpha value is -3.81. The molecule has 8 nitrogen and oxygen atoms in total. The molecule has 0 spiro atoms. The Morgan fingerprint density at radius 1 is 1.06 bits per heavy atom. The van der Waals surface area contributed by atoms with E-state index in [2.05, 4.69) is 10.4 Å². The number of amides is 1. The Bertz CT molecular complexity index is 1110. The minimum atomic E-state index is -0.607. The summed E-state index contributed by atoms with van der Waals surface area (Å²) in [5, 5.41) is 7.17. The van der Waals surface area contributed by atoms with Gasteiger partial charge in [0.1, 0.15) is 11.5 Å². The smallest absolute Gasteiger partial charge is 0.359 e. The van der Waals surface area contributed by atoms with E-state index in [4.69, 9.17) is 14.2 Å². The number of hydrogen-bond donors (Lipinski definition) is 1. The van der Waals surface area contributed by atoms with Crippen LogP contribution in [-0.4, -0.2) is 42.5 Å². The molecule has 4 rings (SSSR count). The average molecular weight is 421 g/mol. The van der Waals surface area contributed by atoms with Crippen LogP contribution in [0.25, 0.3) is 5.69 Å². The molecule has 0 radical (unpaired) electrons. The van der Waals surface area contributed by atoms with E-state index in [0.29, 0.717) is 17.2 Å². The van der Waals surface area contributed by atoms with Crippen LogP contribution in [0.15, 0.2) is 48.5 Å². The maximum atomic E-state index is 12.7. The zero-order valence-electron chi connectivity index (χ0n) is 17.4. The number of para-hydroxylation sites is 1. The van der Waals surface area contributed by atoms with Gasteiger partial charge in [0.25, 0.3) is 5.91 Å². The van der Waals surface area contributed by atoms with Crippen LogP contribution < -0.4 is 14.8 Å². The molecule has 3 aromatic rings. The van der Waals surface area contributed by atoms with Crippen LogP contribution in [0, 0.1) is 0 Å². The summed E-state index contributed by atoms with van der Waals surface area (Å²) in [6, 6.07) is 14.7. The number of fused-ring (bicyclic) bond motifs is 1.